The summed E-state index contributed by atoms with van der Waals surface area (Å²) < 4.78 is 5.30. The van der Waals surface area contributed by atoms with E-state index in [4.69, 9.17) is 25.2 Å². The molecule has 0 saturated carbocycles. The topological polar surface area (TPSA) is 113 Å². The van der Waals surface area contributed by atoms with E-state index in [-0.39, 0.29) is 6.73 Å². The number of quaternary nitrogens is 1. The highest BCUT2D eigenvalue weighted by atomic mass is 16.9. The highest BCUT2D eigenvalue weighted by molar-refractivity contribution is 5.81. The van der Waals surface area contributed by atoms with E-state index in [0.29, 0.717) is 11.0 Å². The van der Waals surface area contributed by atoms with Gasteiger partial charge in [0.25, 0.3) is 0 Å². The second-order valence-corrected chi connectivity index (χ2v) is 3.99. The summed E-state index contributed by atoms with van der Waals surface area (Å²) in [6.07, 6.45) is 0.722. The van der Waals surface area contributed by atoms with E-state index >= 15 is 0 Å². The minimum Gasteiger partial charge on any atom is -0.412 e. The Balaban J connectivity index is 0. The van der Waals surface area contributed by atoms with Crippen LogP contribution in [0.5, 0.6) is 0 Å². The molecule has 100 valence electrons. The molecule has 0 rings (SSSR count). The first-order valence-electron chi connectivity index (χ1n) is 4.71. The minimum absolute atomic E-state index is 0.246. The Bertz CT molecular complexity index is 260. The van der Waals surface area contributed by atoms with Gasteiger partial charge < -0.3 is 25.2 Å². The summed E-state index contributed by atoms with van der Waals surface area (Å²) in [6.45, 7) is 5.79. The van der Waals surface area contributed by atoms with E-state index in [2.05, 4.69) is 6.58 Å². The average molecular weight is 250 g/mol. The smallest absolute Gasteiger partial charge is 0.334 e. The van der Waals surface area contributed by atoms with Crippen LogP contribution in [0.4, 0.5) is 0 Å². The lowest BCUT2D eigenvalue weighted by molar-refractivity contribution is -0.909. The lowest BCUT2D eigenvalue weighted by Crippen LogP contribution is -2.46. The first-order valence-corrected chi connectivity index (χ1v) is 4.71. The lowest BCUT2D eigenvalue weighted by Gasteiger charge is -2.29. The predicted molar refractivity (Wildman–Crippen MR) is 60.2 cm³/mol. The van der Waals surface area contributed by atoms with E-state index in [0.717, 1.165) is 6.08 Å². The molecule has 0 heterocycles. The van der Waals surface area contributed by atoms with Crippen LogP contribution in [-0.4, -0.2) is 54.1 Å². The standard InChI is InChI=1S/C9H18NO3.NO3/c1-5-9(12)13-7-10(3,4)6-8(2)11;2-1(3)4/h5,8,11H,1,6-7H2,2-4H3;/q+1;-1. The van der Waals surface area contributed by atoms with Crippen LogP contribution >= 0.6 is 0 Å². The summed E-state index contributed by atoms with van der Waals surface area (Å²) in [4.78, 5) is 19.0. The molecule has 0 aromatic rings. The Kier molecular flexibility index (Phi) is 8.84. The van der Waals surface area contributed by atoms with Crippen molar-refractivity contribution >= 4 is 5.97 Å². The number of carbonyl (C=O) groups excluding carboxylic acids is 1. The number of nitrogens with zero attached hydrogens (tertiary/aromatic N) is 2. The number of aliphatic hydroxyl groups excluding tert-OH is 1. The molecular formula is C9H18N2O6. The Morgan fingerprint density at radius 1 is 1.59 bits per heavy atom. The van der Waals surface area contributed by atoms with Gasteiger partial charge >= 0.3 is 5.97 Å². The van der Waals surface area contributed by atoms with Crippen LogP contribution in [0.1, 0.15) is 6.92 Å². The molecule has 0 aromatic heterocycles. The highest BCUT2D eigenvalue weighted by Crippen LogP contribution is 2.00. The summed E-state index contributed by atoms with van der Waals surface area (Å²) in [5.41, 5.74) is 0. The molecule has 0 fully saturated rings. The van der Waals surface area contributed by atoms with Gasteiger partial charge in [0.05, 0.1) is 19.2 Å². The molecule has 1 N–H and O–H groups in total. The zero-order chi connectivity index (χ0) is 14.1. The normalized spacial score (nSPS) is 11.8. The summed E-state index contributed by atoms with van der Waals surface area (Å²) in [6, 6.07) is 0. The zero-order valence-electron chi connectivity index (χ0n) is 10.2. The predicted octanol–water partition coefficient (Wildman–Crippen LogP) is -0.109. The second-order valence-electron chi connectivity index (χ2n) is 3.99. The van der Waals surface area contributed by atoms with Gasteiger partial charge in [0, 0.05) is 6.08 Å². The Labute approximate surface area is 99.4 Å². The highest BCUT2D eigenvalue weighted by Gasteiger charge is 2.19. The van der Waals surface area contributed by atoms with Gasteiger partial charge in [-0.1, -0.05) is 6.58 Å². The molecule has 8 nitrogen and oxygen atoms in total. The van der Waals surface area contributed by atoms with E-state index in [1.54, 1.807) is 6.92 Å². The van der Waals surface area contributed by atoms with Gasteiger partial charge in [0.1, 0.15) is 12.6 Å². The fraction of sp³-hybridized carbons (Fsp3) is 0.667. The van der Waals surface area contributed by atoms with Crippen LogP contribution in [0.25, 0.3) is 0 Å². The van der Waals surface area contributed by atoms with Crippen LogP contribution in [0.2, 0.25) is 0 Å². The number of rotatable bonds is 5. The monoisotopic (exact) mass is 250 g/mol. The maximum Gasteiger partial charge on any atom is 0.334 e. The van der Waals surface area contributed by atoms with Crippen LogP contribution in [-0.2, 0) is 9.53 Å². The van der Waals surface area contributed by atoms with Crippen LogP contribution in [0.3, 0.4) is 0 Å². The van der Waals surface area contributed by atoms with Gasteiger partial charge in [-0.15, -0.1) is 0 Å². The Hall–Kier alpha value is -1.67. The molecular weight excluding hydrogens is 232 g/mol. The van der Waals surface area contributed by atoms with Crippen molar-refractivity contribution in [3.8, 4) is 0 Å². The molecule has 17 heavy (non-hydrogen) atoms. The van der Waals surface area contributed by atoms with Gasteiger partial charge in [-0.2, -0.15) is 0 Å². The number of hydrogen-bond donors (Lipinski definition) is 1. The molecule has 0 spiro atoms. The third kappa shape index (κ3) is 17.0. The molecule has 0 aliphatic heterocycles. The average Bonchev–Trinajstić information content (AvgIpc) is 2.11. The number of esters is 1. The molecule has 1 atom stereocenters. The first-order chi connectivity index (χ1) is 7.60. The minimum atomic E-state index is -1.75. The van der Waals surface area contributed by atoms with Crippen LogP contribution in [0, 0.1) is 15.3 Å². The van der Waals surface area contributed by atoms with Crippen molar-refractivity contribution in [1.29, 1.82) is 0 Å². The van der Waals surface area contributed by atoms with Crippen molar-refractivity contribution in [3.63, 3.8) is 0 Å². The van der Waals surface area contributed by atoms with Crippen molar-refractivity contribution in [2.45, 2.75) is 13.0 Å². The van der Waals surface area contributed by atoms with Crippen molar-refractivity contribution < 1.29 is 24.2 Å². The Morgan fingerprint density at radius 2 is 2.00 bits per heavy atom. The van der Waals surface area contributed by atoms with Crippen molar-refractivity contribution in [2.24, 2.45) is 0 Å². The number of likely N-dealkylation sites (N-methyl/N-ethyl adjacent to an activating group) is 1. The summed E-state index contributed by atoms with van der Waals surface area (Å²) >= 11 is 0. The zero-order valence-corrected chi connectivity index (χ0v) is 10.2. The quantitative estimate of drug-likeness (QED) is 0.182. The molecule has 0 aliphatic carbocycles. The molecule has 0 bridgehead atoms. The van der Waals surface area contributed by atoms with Crippen molar-refractivity contribution in [1.82, 2.24) is 0 Å². The molecule has 0 aromatic carbocycles. The Morgan fingerprint density at radius 3 is 2.29 bits per heavy atom. The van der Waals surface area contributed by atoms with Crippen molar-refractivity contribution in [3.05, 3.63) is 28.0 Å². The SMILES string of the molecule is C=CC(=O)OC[N+](C)(C)CC(C)O.O=[N+]([O-])[O-]. The van der Waals surface area contributed by atoms with Gasteiger partial charge in [-0.25, -0.2) is 4.79 Å². The summed E-state index contributed by atoms with van der Waals surface area (Å²) in [5, 5.41) is 23.9. The molecule has 0 radical (unpaired) electrons. The van der Waals surface area contributed by atoms with Crippen LogP contribution < -0.4 is 0 Å². The number of hydrogen-bond acceptors (Lipinski definition) is 6. The van der Waals surface area contributed by atoms with E-state index < -0.39 is 17.2 Å². The largest absolute Gasteiger partial charge is 0.412 e. The fourth-order valence-corrected chi connectivity index (χ4v) is 1.07. The first kappa shape index (κ1) is 17.7. The molecule has 8 heteroatoms. The summed E-state index contributed by atoms with van der Waals surface area (Å²) in [7, 11) is 3.76. The lowest BCUT2D eigenvalue weighted by atomic mass is 10.3. The third-order valence-electron chi connectivity index (χ3n) is 1.48. The van der Waals surface area contributed by atoms with Crippen LogP contribution in [0.15, 0.2) is 12.7 Å². The van der Waals surface area contributed by atoms with Gasteiger partial charge in [-0.05, 0) is 6.92 Å². The number of carbonyl (C=O) groups is 1. The van der Waals surface area contributed by atoms with E-state index in [1.165, 1.54) is 0 Å². The number of ether oxygens (including phenoxy) is 1. The van der Waals surface area contributed by atoms with E-state index in [9.17, 15) is 4.79 Å². The molecule has 0 aliphatic rings. The van der Waals surface area contributed by atoms with Gasteiger partial charge in [0.2, 0.25) is 6.73 Å². The molecule has 1 unspecified atom stereocenters. The maximum absolute atomic E-state index is 10.7. The second kappa shape index (κ2) is 8.48. The van der Waals surface area contributed by atoms with Gasteiger partial charge in [-0.3, -0.25) is 4.48 Å². The maximum atomic E-state index is 10.7. The third-order valence-corrected chi connectivity index (χ3v) is 1.48. The van der Waals surface area contributed by atoms with Gasteiger partial charge in [0.15, 0.2) is 0 Å². The number of aliphatic hydroxyl groups is 1. The summed E-state index contributed by atoms with van der Waals surface area (Å²) in [5.74, 6) is -0.434. The van der Waals surface area contributed by atoms with Crippen molar-refractivity contribution in [2.75, 3.05) is 27.4 Å². The van der Waals surface area contributed by atoms with E-state index in [1.807, 2.05) is 14.1 Å². The fourth-order valence-electron chi connectivity index (χ4n) is 1.07. The molecule has 0 amide bonds. The molecule has 0 saturated heterocycles.